The van der Waals surface area contributed by atoms with Gasteiger partial charge in [-0.1, -0.05) is 23.2 Å². The number of halogens is 2. The Hall–Kier alpha value is -0.970. The average molecular weight is 302 g/mol. The van der Waals surface area contributed by atoms with E-state index in [0.29, 0.717) is 15.7 Å². The number of hydrogen-bond donors (Lipinski definition) is 3. The summed E-state index contributed by atoms with van der Waals surface area (Å²) in [4.78, 5) is 12.0. The Morgan fingerprint density at radius 2 is 2.00 bits per heavy atom. The van der Waals surface area contributed by atoms with Gasteiger partial charge in [-0.05, 0) is 51.1 Å². The van der Waals surface area contributed by atoms with Gasteiger partial charge in [-0.15, -0.1) is 0 Å². The summed E-state index contributed by atoms with van der Waals surface area (Å²) in [6.07, 6.45) is 1.81. The van der Waals surface area contributed by atoms with Crippen LogP contribution in [0.15, 0.2) is 18.2 Å². The molecule has 19 heavy (non-hydrogen) atoms. The molecule has 1 aromatic carbocycles. The highest BCUT2D eigenvalue weighted by atomic mass is 35.5. The lowest BCUT2D eigenvalue weighted by atomic mass is 9.91. The zero-order valence-corrected chi connectivity index (χ0v) is 12.2. The fourth-order valence-electron chi connectivity index (χ4n) is 2.12. The van der Waals surface area contributed by atoms with Gasteiger partial charge in [-0.2, -0.15) is 0 Å². The van der Waals surface area contributed by atoms with Crippen molar-refractivity contribution in [3.05, 3.63) is 28.2 Å². The lowest BCUT2D eigenvalue weighted by Gasteiger charge is -2.34. The van der Waals surface area contributed by atoms with Gasteiger partial charge in [0.05, 0.1) is 10.7 Å². The van der Waals surface area contributed by atoms with Crippen molar-refractivity contribution in [2.24, 2.45) is 0 Å². The van der Waals surface area contributed by atoms with Crippen LogP contribution >= 0.6 is 23.2 Å². The fraction of sp³-hybridized carbons (Fsp3) is 0.462. The number of rotatable bonds is 2. The quantitative estimate of drug-likeness (QED) is 0.785. The second kappa shape index (κ2) is 5.99. The van der Waals surface area contributed by atoms with E-state index in [9.17, 15) is 4.79 Å². The molecule has 2 amide bonds. The van der Waals surface area contributed by atoms with Crippen LogP contribution in [0.3, 0.4) is 0 Å². The molecule has 1 aliphatic rings. The molecule has 1 fully saturated rings. The molecule has 6 heteroatoms. The number of carbonyl (C=O) groups excluding carboxylic acids is 1. The lowest BCUT2D eigenvalue weighted by Crippen LogP contribution is -2.53. The van der Waals surface area contributed by atoms with Gasteiger partial charge in [0.2, 0.25) is 0 Å². The monoisotopic (exact) mass is 301 g/mol. The van der Waals surface area contributed by atoms with E-state index >= 15 is 0 Å². The molecule has 0 saturated carbocycles. The summed E-state index contributed by atoms with van der Waals surface area (Å²) in [6.45, 7) is 3.87. The predicted molar refractivity (Wildman–Crippen MR) is 79.1 cm³/mol. The summed E-state index contributed by atoms with van der Waals surface area (Å²) in [6, 6.07) is 4.72. The van der Waals surface area contributed by atoms with Crippen molar-refractivity contribution < 1.29 is 4.79 Å². The Kier molecular flexibility index (Phi) is 4.55. The maximum atomic E-state index is 12.0. The SMILES string of the molecule is CC1(NC(=O)Nc2cc(Cl)ccc2Cl)CCNCC1. The standard InChI is InChI=1S/C13H17Cl2N3O/c1-13(4-6-16-7-5-13)18-12(19)17-11-8-9(14)2-3-10(11)15/h2-3,8,16H,4-7H2,1H3,(H2,17,18,19). The first-order chi connectivity index (χ1) is 8.98. The van der Waals surface area contributed by atoms with E-state index in [1.807, 2.05) is 6.92 Å². The van der Waals surface area contributed by atoms with Gasteiger partial charge < -0.3 is 16.0 Å². The third-order valence-corrected chi connectivity index (χ3v) is 3.86. The number of amides is 2. The number of piperidine rings is 1. The van der Waals surface area contributed by atoms with Crippen molar-refractivity contribution in [3.63, 3.8) is 0 Å². The van der Waals surface area contributed by atoms with Gasteiger partial charge in [0.15, 0.2) is 0 Å². The minimum atomic E-state index is -0.256. The van der Waals surface area contributed by atoms with Gasteiger partial charge in [0.1, 0.15) is 0 Å². The van der Waals surface area contributed by atoms with Gasteiger partial charge in [-0.25, -0.2) is 4.79 Å². The number of carbonyl (C=O) groups is 1. The van der Waals surface area contributed by atoms with Crippen LogP contribution < -0.4 is 16.0 Å². The van der Waals surface area contributed by atoms with Crippen LogP contribution in [0.2, 0.25) is 10.0 Å². The molecule has 1 aromatic rings. The largest absolute Gasteiger partial charge is 0.333 e. The van der Waals surface area contributed by atoms with Crippen molar-refractivity contribution in [1.82, 2.24) is 10.6 Å². The first-order valence-corrected chi connectivity index (χ1v) is 6.99. The maximum absolute atomic E-state index is 12.0. The predicted octanol–water partition coefficient (Wildman–Crippen LogP) is 3.26. The smallest absolute Gasteiger partial charge is 0.319 e. The Bertz CT molecular complexity index is 473. The second-order valence-corrected chi connectivity index (χ2v) is 5.86. The number of anilines is 1. The van der Waals surface area contributed by atoms with Crippen LogP contribution in [0, 0.1) is 0 Å². The molecule has 0 radical (unpaired) electrons. The molecule has 4 nitrogen and oxygen atoms in total. The topological polar surface area (TPSA) is 53.2 Å². The molecule has 3 N–H and O–H groups in total. The minimum Gasteiger partial charge on any atom is -0.333 e. The molecule has 104 valence electrons. The molecule has 0 atom stereocenters. The molecule has 2 rings (SSSR count). The summed E-state index contributed by atoms with van der Waals surface area (Å²) in [5.74, 6) is 0. The second-order valence-electron chi connectivity index (χ2n) is 5.01. The van der Waals surface area contributed by atoms with E-state index in [-0.39, 0.29) is 11.6 Å². The van der Waals surface area contributed by atoms with Crippen LogP contribution in [-0.4, -0.2) is 24.7 Å². The lowest BCUT2D eigenvalue weighted by molar-refractivity contribution is 0.225. The van der Waals surface area contributed by atoms with Crippen molar-refractivity contribution in [3.8, 4) is 0 Å². The molecular weight excluding hydrogens is 285 g/mol. The molecule has 1 heterocycles. The Morgan fingerprint density at radius 1 is 1.32 bits per heavy atom. The first-order valence-electron chi connectivity index (χ1n) is 6.23. The molecule has 1 aliphatic heterocycles. The van der Waals surface area contributed by atoms with Gasteiger partial charge >= 0.3 is 6.03 Å². The zero-order chi connectivity index (χ0) is 13.9. The third kappa shape index (κ3) is 4.00. The average Bonchev–Trinajstić information content (AvgIpc) is 2.34. The maximum Gasteiger partial charge on any atom is 0.319 e. The molecular formula is C13H17Cl2N3O. The number of nitrogens with one attached hydrogen (secondary N) is 3. The first kappa shape index (κ1) is 14.4. The normalized spacial score (nSPS) is 17.8. The van der Waals surface area contributed by atoms with Crippen molar-refractivity contribution in [2.75, 3.05) is 18.4 Å². The molecule has 0 aromatic heterocycles. The van der Waals surface area contributed by atoms with Crippen LogP contribution in [-0.2, 0) is 0 Å². The van der Waals surface area contributed by atoms with Gasteiger partial charge in [0, 0.05) is 10.6 Å². The number of hydrogen-bond acceptors (Lipinski definition) is 2. The summed E-state index contributed by atoms with van der Waals surface area (Å²) in [7, 11) is 0. The van der Waals surface area contributed by atoms with E-state index in [0.717, 1.165) is 25.9 Å². The highest BCUT2D eigenvalue weighted by Gasteiger charge is 2.28. The third-order valence-electron chi connectivity index (χ3n) is 3.30. The van der Waals surface area contributed by atoms with E-state index in [4.69, 9.17) is 23.2 Å². The van der Waals surface area contributed by atoms with Crippen LogP contribution in [0.1, 0.15) is 19.8 Å². The van der Waals surface area contributed by atoms with Gasteiger partial charge in [-0.3, -0.25) is 0 Å². The summed E-state index contributed by atoms with van der Waals surface area (Å²) >= 11 is 11.9. The van der Waals surface area contributed by atoms with Crippen LogP contribution in [0.25, 0.3) is 0 Å². The Morgan fingerprint density at radius 3 is 2.68 bits per heavy atom. The van der Waals surface area contributed by atoms with E-state index in [2.05, 4.69) is 16.0 Å². The van der Waals surface area contributed by atoms with E-state index in [1.165, 1.54) is 0 Å². The van der Waals surface area contributed by atoms with Crippen molar-refractivity contribution in [2.45, 2.75) is 25.3 Å². The molecule has 0 aliphatic carbocycles. The van der Waals surface area contributed by atoms with Crippen molar-refractivity contribution in [1.29, 1.82) is 0 Å². The Labute approximate surface area is 122 Å². The highest BCUT2D eigenvalue weighted by molar-refractivity contribution is 6.35. The fourth-order valence-corrected chi connectivity index (χ4v) is 2.46. The number of urea groups is 1. The summed E-state index contributed by atoms with van der Waals surface area (Å²) in [5, 5.41) is 10.0. The molecule has 1 saturated heterocycles. The Balaban J connectivity index is 1.99. The van der Waals surface area contributed by atoms with Crippen LogP contribution in [0.4, 0.5) is 10.5 Å². The van der Waals surface area contributed by atoms with E-state index < -0.39 is 0 Å². The minimum absolute atomic E-state index is 0.180. The summed E-state index contributed by atoms with van der Waals surface area (Å²) in [5.41, 5.74) is 0.338. The number of benzene rings is 1. The molecule has 0 bridgehead atoms. The molecule has 0 spiro atoms. The van der Waals surface area contributed by atoms with Gasteiger partial charge in [0.25, 0.3) is 0 Å². The van der Waals surface area contributed by atoms with E-state index in [1.54, 1.807) is 18.2 Å². The van der Waals surface area contributed by atoms with Crippen molar-refractivity contribution >= 4 is 34.9 Å². The van der Waals surface area contributed by atoms with Crippen LogP contribution in [0.5, 0.6) is 0 Å². The molecule has 0 unspecified atom stereocenters. The highest BCUT2D eigenvalue weighted by Crippen LogP contribution is 2.25. The summed E-state index contributed by atoms with van der Waals surface area (Å²) < 4.78 is 0. The zero-order valence-electron chi connectivity index (χ0n) is 10.7.